The van der Waals surface area contributed by atoms with Crippen LogP contribution in [0, 0.1) is 5.82 Å². The van der Waals surface area contributed by atoms with Gasteiger partial charge >= 0.3 is 0 Å². The molecule has 1 aliphatic heterocycles. The minimum atomic E-state index is -1.04. The van der Waals surface area contributed by atoms with Crippen molar-refractivity contribution in [3.8, 4) is 5.75 Å². The Balaban J connectivity index is 2.06. The fourth-order valence-corrected chi connectivity index (χ4v) is 2.54. The Morgan fingerprint density at radius 2 is 2.14 bits per heavy atom. The lowest BCUT2D eigenvalue weighted by molar-refractivity contribution is -0.115. The highest BCUT2D eigenvalue weighted by atomic mass is 19.1. The van der Waals surface area contributed by atoms with E-state index in [0.717, 1.165) is 0 Å². The number of hydrogen-bond donors (Lipinski definition) is 2. The molecule has 2 N–H and O–H groups in total. The lowest BCUT2D eigenvalue weighted by atomic mass is 9.97. The molecule has 1 unspecified atom stereocenters. The summed E-state index contributed by atoms with van der Waals surface area (Å²) in [6, 6.07) is 9.47. The summed E-state index contributed by atoms with van der Waals surface area (Å²) in [7, 11) is 1.53. The molecular weight excluding hydrogens is 273 g/mol. The largest absolute Gasteiger partial charge is 0.497 e. The van der Waals surface area contributed by atoms with E-state index >= 15 is 0 Å². The Hall–Kier alpha value is -2.40. The fourth-order valence-electron chi connectivity index (χ4n) is 2.54. The minimum Gasteiger partial charge on any atom is -0.497 e. The molecule has 0 saturated heterocycles. The molecule has 1 aliphatic rings. The van der Waals surface area contributed by atoms with Crippen LogP contribution >= 0.6 is 0 Å². The maximum Gasteiger partial charge on any atom is 0.228 e. The Morgan fingerprint density at radius 1 is 1.33 bits per heavy atom. The van der Waals surface area contributed by atoms with Gasteiger partial charge in [0.15, 0.2) is 0 Å². The van der Waals surface area contributed by atoms with E-state index in [1.54, 1.807) is 24.3 Å². The van der Waals surface area contributed by atoms with Crippen LogP contribution in [0.4, 0.5) is 10.1 Å². The molecule has 0 radical (unpaired) electrons. The highest BCUT2D eigenvalue weighted by Gasteiger charge is 2.26. The molecule has 0 saturated carbocycles. The maximum atomic E-state index is 13.7. The van der Waals surface area contributed by atoms with Crippen LogP contribution in [0.25, 0.3) is 0 Å². The summed E-state index contributed by atoms with van der Waals surface area (Å²) in [5.74, 6) is -0.0690. The molecule has 1 heterocycles. The number of aliphatic hydroxyl groups excluding tert-OH is 1. The molecule has 1 atom stereocenters. The molecule has 21 heavy (non-hydrogen) atoms. The van der Waals surface area contributed by atoms with Crippen LogP contribution in [0.2, 0.25) is 0 Å². The predicted molar refractivity (Wildman–Crippen MR) is 75.8 cm³/mol. The van der Waals surface area contributed by atoms with Crippen molar-refractivity contribution in [2.24, 2.45) is 0 Å². The summed E-state index contributed by atoms with van der Waals surface area (Å²) in [6.07, 6.45) is -0.909. The van der Waals surface area contributed by atoms with Crippen molar-refractivity contribution in [1.82, 2.24) is 0 Å². The predicted octanol–water partition coefficient (Wildman–Crippen LogP) is 2.41. The van der Waals surface area contributed by atoms with Gasteiger partial charge in [0.25, 0.3) is 0 Å². The van der Waals surface area contributed by atoms with Crippen LogP contribution in [0.3, 0.4) is 0 Å². The highest BCUT2D eigenvalue weighted by Crippen LogP contribution is 2.35. The number of carbonyl (C=O) groups is 1. The zero-order valence-corrected chi connectivity index (χ0v) is 11.4. The summed E-state index contributed by atoms with van der Waals surface area (Å²) in [5, 5.41) is 13.2. The van der Waals surface area contributed by atoms with Crippen molar-refractivity contribution in [3.05, 3.63) is 58.9 Å². The van der Waals surface area contributed by atoms with E-state index < -0.39 is 11.9 Å². The van der Waals surface area contributed by atoms with Crippen molar-refractivity contribution in [1.29, 1.82) is 0 Å². The van der Waals surface area contributed by atoms with Gasteiger partial charge in [-0.15, -0.1) is 0 Å². The van der Waals surface area contributed by atoms with Crippen LogP contribution in [0.1, 0.15) is 22.8 Å². The summed E-state index contributed by atoms with van der Waals surface area (Å²) < 4.78 is 18.8. The van der Waals surface area contributed by atoms with Crippen LogP contribution in [0.5, 0.6) is 5.75 Å². The summed E-state index contributed by atoms with van der Waals surface area (Å²) in [6.45, 7) is 0. The van der Waals surface area contributed by atoms with Crippen molar-refractivity contribution in [2.45, 2.75) is 12.5 Å². The second-order valence-electron chi connectivity index (χ2n) is 4.93. The number of benzene rings is 2. The average molecular weight is 287 g/mol. The van der Waals surface area contributed by atoms with E-state index in [1.165, 1.54) is 19.2 Å². The van der Waals surface area contributed by atoms with Crippen LogP contribution < -0.4 is 10.1 Å². The number of carbonyl (C=O) groups excluding carboxylic acids is 1. The number of nitrogens with one attached hydrogen (secondary N) is 1. The number of anilines is 1. The fraction of sp³-hybridized carbons (Fsp3) is 0.188. The smallest absolute Gasteiger partial charge is 0.228 e. The van der Waals surface area contributed by atoms with Gasteiger partial charge in [-0.3, -0.25) is 4.79 Å². The molecule has 108 valence electrons. The van der Waals surface area contributed by atoms with Crippen LogP contribution in [-0.2, 0) is 11.2 Å². The van der Waals surface area contributed by atoms with Crippen LogP contribution in [0.15, 0.2) is 36.4 Å². The Morgan fingerprint density at radius 3 is 2.90 bits per heavy atom. The van der Waals surface area contributed by atoms with Gasteiger partial charge < -0.3 is 15.2 Å². The average Bonchev–Trinajstić information content (AvgIpc) is 2.85. The standard InChI is InChI=1S/C16H14FNO3/c1-21-12-4-2-3-9(6-12)16(20)13-8-11(17)5-10-7-14(19)18-15(10)13/h2-6,8,16,20H,7H2,1H3,(H,18,19). The van der Waals surface area contributed by atoms with E-state index in [2.05, 4.69) is 5.32 Å². The van der Waals surface area contributed by atoms with Gasteiger partial charge in [0, 0.05) is 5.56 Å². The monoisotopic (exact) mass is 287 g/mol. The third-order valence-corrected chi connectivity index (χ3v) is 3.53. The number of methoxy groups -OCH3 is 1. The molecule has 1 amide bonds. The van der Waals surface area contributed by atoms with E-state index in [1.807, 2.05) is 0 Å². The van der Waals surface area contributed by atoms with E-state index in [0.29, 0.717) is 28.1 Å². The molecule has 0 spiro atoms. The zero-order chi connectivity index (χ0) is 15.0. The molecule has 2 aromatic carbocycles. The quantitative estimate of drug-likeness (QED) is 0.911. The SMILES string of the molecule is COc1cccc(C(O)c2cc(F)cc3c2NC(=O)C3)c1. The van der Waals surface area contributed by atoms with Gasteiger partial charge in [-0.1, -0.05) is 12.1 Å². The third-order valence-electron chi connectivity index (χ3n) is 3.53. The number of halogens is 1. The number of amides is 1. The maximum absolute atomic E-state index is 13.7. The summed E-state index contributed by atoms with van der Waals surface area (Å²) in [4.78, 5) is 11.5. The second-order valence-corrected chi connectivity index (χ2v) is 4.93. The van der Waals surface area contributed by atoms with Crippen molar-refractivity contribution in [3.63, 3.8) is 0 Å². The van der Waals surface area contributed by atoms with Gasteiger partial charge in [-0.05, 0) is 35.4 Å². The molecule has 0 bridgehead atoms. The van der Waals surface area contributed by atoms with Crippen molar-refractivity contribution < 1.29 is 19.0 Å². The number of aliphatic hydroxyl groups is 1. The molecule has 0 aromatic heterocycles. The number of ether oxygens (including phenoxy) is 1. The van der Waals surface area contributed by atoms with E-state index in [4.69, 9.17) is 4.74 Å². The first-order valence-electron chi connectivity index (χ1n) is 6.52. The number of fused-ring (bicyclic) bond motifs is 1. The molecule has 5 heteroatoms. The van der Waals surface area contributed by atoms with E-state index in [-0.39, 0.29) is 12.3 Å². The van der Waals surface area contributed by atoms with Gasteiger partial charge in [0.2, 0.25) is 5.91 Å². The van der Waals surface area contributed by atoms with Crippen LogP contribution in [-0.4, -0.2) is 18.1 Å². The minimum absolute atomic E-state index is 0.130. The second kappa shape index (κ2) is 5.18. The molecule has 4 nitrogen and oxygen atoms in total. The highest BCUT2D eigenvalue weighted by molar-refractivity contribution is 6.00. The van der Waals surface area contributed by atoms with Gasteiger partial charge in [0.1, 0.15) is 17.7 Å². The first kappa shape index (κ1) is 13.6. The molecule has 0 fully saturated rings. The van der Waals surface area contributed by atoms with Crippen molar-refractivity contribution >= 4 is 11.6 Å². The lowest BCUT2D eigenvalue weighted by Gasteiger charge is -2.16. The Kier molecular flexibility index (Phi) is 3.35. The first-order chi connectivity index (χ1) is 10.1. The number of hydrogen-bond acceptors (Lipinski definition) is 3. The third kappa shape index (κ3) is 2.48. The summed E-state index contributed by atoms with van der Waals surface area (Å²) in [5.41, 5.74) is 1.99. The Bertz CT molecular complexity index is 715. The van der Waals surface area contributed by atoms with Crippen molar-refractivity contribution in [2.75, 3.05) is 12.4 Å². The molecule has 2 aromatic rings. The van der Waals surface area contributed by atoms with Gasteiger partial charge in [-0.25, -0.2) is 4.39 Å². The molecular formula is C16H14FNO3. The normalized spacial score (nSPS) is 14.5. The number of rotatable bonds is 3. The van der Waals surface area contributed by atoms with E-state index in [9.17, 15) is 14.3 Å². The summed E-state index contributed by atoms with van der Waals surface area (Å²) >= 11 is 0. The Labute approximate surface area is 121 Å². The van der Waals surface area contributed by atoms with Gasteiger partial charge in [0.05, 0.1) is 19.2 Å². The molecule has 0 aliphatic carbocycles. The molecule has 3 rings (SSSR count). The zero-order valence-electron chi connectivity index (χ0n) is 11.4. The lowest BCUT2D eigenvalue weighted by Crippen LogP contribution is -2.08. The first-order valence-corrected chi connectivity index (χ1v) is 6.52. The van der Waals surface area contributed by atoms with Gasteiger partial charge in [-0.2, -0.15) is 0 Å². The topological polar surface area (TPSA) is 58.6 Å².